The van der Waals surface area contributed by atoms with Crippen LogP contribution in [0, 0.1) is 0 Å². The van der Waals surface area contributed by atoms with Crippen molar-refractivity contribution in [2.75, 3.05) is 26.7 Å². The maximum atomic E-state index is 13.3. The van der Waals surface area contributed by atoms with Crippen LogP contribution in [0.3, 0.4) is 0 Å². The summed E-state index contributed by atoms with van der Waals surface area (Å²) < 4.78 is 23.2. The Kier molecular flexibility index (Phi) is 11.5. The molecule has 4 aliphatic rings. The number of fused-ring (bicyclic) bond motifs is 1. The highest BCUT2D eigenvalue weighted by Gasteiger charge is 2.53. The van der Waals surface area contributed by atoms with Crippen molar-refractivity contribution in [3.05, 3.63) is 35.4 Å². The number of hydrogen-bond donors (Lipinski definition) is 11. The van der Waals surface area contributed by atoms with Crippen LogP contribution in [0.4, 0.5) is 0 Å². The molecule has 1 aromatic rings. The lowest BCUT2D eigenvalue weighted by molar-refractivity contribution is -0.330. The molecule has 1 aliphatic carbocycles. The smallest absolute Gasteiger partial charge is 0.250 e. The minimum Gasteiger partial charge on any atom is -0.388 e. The summed E-state index contributed by atoms with van der Waals surface area (Å²) in [5.74, 6) is -0.742. The molecule has 2 saturated heterocycles. The number of hydrogen-bond acceptors (Lipinski definition) is 16. The lowest BCUT2D eigenvalue weighted by atomic mass is 9.83. The Hall–Kier alpha value is -1.91. The molecule has 0 aromatic heterocycles. The maximum absolute atomic E-state index is 13.3. The fourth-order valence-electron chi connectivity index (χ4n) is 6.98. The summed E-state index contributed by atoms with van der Waals surface area (Å²) >= 11 is 0. The Labute approximate surface area is 272 Å². The minimum absolute atomic E-state index is 0.0376. The normalized spacial score (nSPS) is 43.3. The second-order valence-corrected chi connectivity index (χ2v) is 13.2. The molecular weight excluding hydrogens is 622 g/mol. The number of nitrogens with two attached hydrogens (primary N) is 2. The molecule has 1 unspecified atom stereocenters. The Morgan fingerprint density at radius 1 is 1.02 bits per heavy atom. The molecule has 266 valence electrons. The molecule has 15 atom stereocenters. The molecule has 17 heteroatoms. The van der Waals surface area contributed by atoms with Gasteiger partial charge in [0, 0.05) is 32.2 Å². The van der Waals surface area contributed by atoms with Gasteiger partial charge >= 0.3 is 0 Å². The highest BCUT2D eigenvalue weighted by Crippen LogP contribution is 2.33. The van der Waals surface area contributed by atoms with E-state index in [1.807, 2.05) is 29.2 Å². The molecule has 3 aliphatic heterocycles. The molecule has 1 saturated carbocycles. The molecule has 3 heterocycles. The van der Waals surface area contributed by atoms with Gasteiger partial charge in [0.1, 0.15) is 60.5 Å². The lowest BCUT2D eigenvalue weighted by Crippen LogP contribution is -2.70. The van der Waals surface area contributed by atoms with Gasteiger partial charge in [0.15, 0.2) is 12.6 Å². The van der Waals surface area contributed by atoms with Gasteiger partial charge in [0.05, 0.1) is 18.7 Å². The van der Waals surface area contributed by atoms with Crippen LogP contribution in [0.15, 0.2) is 24.3 Å². The summed E-state index contributed by atoms with van der Waals surface area (Å²) in [7, 11) is 1.54. The molecule has 3 fully saturated rings. The number of likely N-dealkylation sites (N-methyl/N-ethyl adjacent to an activating group) is 1. The quantitative estimate of drug-likeness (QED) is 0.111. The fourth-order valence-corrected chi connectivity index (χ4v) is 6.98. The van der Waals surface area contributed by atoms with Crippen LogP contribution in [0.25, 0.3) is 0 Å². The van der Waals surface area contributed by atoms with Crippen molar-refractivity contribution in [3.8, 4) is 0 Å². The van der Waals surface area contributed by atoms with Crippen LogP contribution in [0.1, 0.15) is 24.5 Å². The van der Waals surface area contributed by atoms with Gasteiger partial charge in [-0.2, -0.15) is 0 Å². The summed E-state index contributed by atoms with van der Waals surface area (Å²) in [5, 5.41) is 80.9. The Balaban J connectivity index is 1.32. The van der Waals surface area contributed by atoms with Gasteiger partial charge in [-0.3, -0.25) is 9.69 Å². The highest BCUT2D eigenvalue weighted by atomic mass is 16.7. The third kappa shape index (κ3) is 7.64. The molecule has 0 radical (unpaired) electrons. The summed E-state index contributed by atoms with van der Waals surface area (Å²) in [6.45, 7) is 2.21. The predicted octanol–water partition coefficient (Wildman–Crippen LogP) is -5.47. The van der Waals surface area contributed by atoms with Crippen molar-refractivity contribution in [1.82, 2.24) is 15.5 Å². The predicted molar refractivity (Wildman–Crippen MR) is 162 cm³/mol. The van der Waals surface area contributed by atoms with E-state index in [1.165, 1.54) is 6.92 Å². The molecule has 1 amide bonds. The number of nitrogens with zero attached hydrogens (tertiary/aromatic N) is 1. The third-order valence-electron chi connectivity index (χ3n) is 9.61. The summed E-state index contributed by atoms with van der Waals surface area (Å²) in [6, 6.07) is 4.92. The second-order valence-electron chi connectivity index (χ2n) is 13.2. The number of amides is 1. The molecule has 0 bridgehead atoms. The van der Waals surface area contributed by atoms with E-state index in [9.17, 15) is 40.5 Å². The van der Waals surface area contributed by atoms with Crippen molar-refractivity contribution in [2.24, 2.45) is 11.5 Å². The van der Waals surface area contributed by atoms with Gasteiger partial charge in [-0.1, -0.05) is 24.3 Å². The first-order valence-electron chi connectivity index (χ1n) is 15.9. The maximum Gasteiger partial charge on any atom is 0.250 e. The minimum atomic E-state index is -1.72. The van der Waals surface area contributed by atoms with Crippen molar-refractivity contribution < 1.29 is 59.5 Å². The van der Waals surface area contributed by atoms with Crippen LogP contribution >= 0.6 is 0 Å². The first-order chi connectivity index (χ1) is 22.2. The van der Waals surface area contributed by atoms with E-state index in [1.54, 1.807) is 7.05 Å². The number of aliphatic hydroxyl groups is 7. The zero-order chi connectivity index (χ0) is 34.2. The van der Waals surface area contributed by atoms with E-state index >= 15 is 0 Å². The molecule has 17 nitrogen and oxygen atoms in total. The third-order valence-corrected chi connectivity index (χ3v) is 9.61. The fraction of sp³-hybridized carbons (Fsp3) is 0.767. The van der Waals surface area contributed by atoms with Crippen LogP contribution in [0.5, 0.6) is 0 Å². The lowest BCUT2D eigenvalue weighted by Gasteiger charge is -2.49. The second kappa shape index (κ2) is 14.9. The SMILES string of the molecule is CN[C@@H]1[C@@H](O)[C@@H](O[C@@H]2[C@@H](O)[C@H](O[C@H]3O[C@H](CN)[C@@H](O)[C@H](O)[C@H]3O)[C@@H](N)C[C@@H]2NC(=O)C(O)CN2Cc3ccccc3C2)OC[C@]1(C)O. The average Bonchev–Trinajstić information content (AvgIpc) is 3.44. The summed E-state index contributed by atoms with van der Waals surface area (Å²) in [4.78, 5) is 15.2. The van der Waals surface area contributed by atoms with Crippen LogP contribution < -0.4 is 22.1 Å². The van der Waals surface area contributed by atoms with Crippen LogP contribution in [-0.2, 0) is 36.8 Å². The monoisotopic (exact) mass is 671 g/mol. The Bertz CT molecular complexity index is 1190. The Morgan fingerprint density at radius 2 is 1.66 bits per heavy atom. The molecule has 1 aromatic carbocycles. The van der Waals surface area contributed by atoms with E-state index in [0.717, 1.165) is 11.1 Å². The zero-order valence-corrected chi connectivity index (χ0v) is 26.4. The van der Waals surface area contributed by atoms with Crippen molar-refractivity contribution in [1.29, 1.82) is 0 Å². The Morgan fingerprint density at radius 3 is 2.28 bits per heavy atom. The van der Waals surface area contributed by atoms with Crippen molar-refractivity contribution in [3.63, 3.8) is 0 Å². The van der Waals surface area contributed by atoms with Gasteiger partial charge in [0.25, 0.3) is 0 Å². The average molecular weight is 672 g/mol. The number of benzene rings is 1. The number of rotatable bonds is 10. The van der Waals surface area contributed by atoms with E-state index in [4.69, 9.17) is 30.4 Å². The van der Waals surface area contributed by atoms with Crippen LogP contribution in [-0.4, -0.2) is 165 Å². The van der Waals surface area contributed by atoms with Crippen molar-refractivity contribution in [2.45, 2.75) is 118 Å². The zero-order valence-electron chi connectivity index (χ0n) is 26.4. The summed E-state index contributed by atoms with van der Waals surface area (Å²) in [5.41, 5.74) is 12.8. The number of nitrogens with one attached hydrogen (secondary N) is 2. The van der Waals surface area contributed by atoms with Crippen LogP contribution in [0.2, 0.25) is 0 Å². The van der Waals surface area contributed by atoms with Gasteiger partial charge in [-0.05, 0) is 31.5 Å². The number of aliphatic hydroxyl groups excluding tert-OH is 6. The van der Waals surface area contributed by atoms with E-state index in [2.05, 4.69) is 10.6 Å². The molecule has 0 spiro atoms. The first-order valence-corrected chi connectivity index (χ1v) is 15.9. The molecule has 13 N–H and O–H groups in total. The highest BCUT2D eigenvalue weighted by molar-refractivity contribution is 5.81. The first kappa shape index (κ1) is 36.4. The van der Waals surface area contributed by atoms with Gasteiger partial charge < -0.3 is 76.8 Å². The van der Waals surface area contributed by atoms with E-state index in [-0.39, 0.29) is 26.1 Å². The number of carbonyl (C=O) groups is 1. The van der Waals surface area contributed by atoms with Gasteiger partial charge in [0.2, 0.25) is 5.91 Å². The number of ether oxygens (including phenoxy) is 4. The van der Waals surface area contributed by atoms with Crippen molar-refractivity contribution >= 4 is 5.91 Å². The number of carbonyl (C=O) groups excluding carboxylic acids is 1. The molecular formula is C30H49N5O12. The largest absolute Gasteiger partial charge is 0.388 e. The molecule has 47 heavy (non-hydrogen) atoms. The van der Waals surface area contributed by atoms with E-state index < -0.39 is 97.1 Å². The van der Waals surface area contributed by atoms with E-state index in [0.29, 0.717) is 13.1 Å². The number of β-amino-alcohol motifs (C(OH)–C–C–N with tert-alkyl or cyclic N) is 1. The summed E-state index contributed by atoms with van der Waals surface area (Å²) in [6.07, 6.45) is -16.1. The van der Waals surface area contributed by atoms with Gasteiger partial charge in [-0.15, -0.1) is 0 Å². The topological polar surface area (TPSA) is 275 Å². The standard InChI is InChI=1S/C30H49N5O12/c1-30(43)12-44-28(23(41)26(30)33-2)47-25-16(34-27(42)17(36)11-35-9-13-5-3-4-6-14(13)10-35)7-15(32)24(22(25)40)46-29-21(39)20(38)19(37)18(8-31)45-29/h3-6,15-26,28-29,33,36-41,43H,7-12,31-32H2,1-2H3,(H,34,42)/t15-,16-,17?,18+,19+,20-,21+,22-,23+,24+,25-,26+,28+,29+,30-/m0/s1. The van der Waals surface area contributed by atoms with Gasteiger partial charge in [-0.25, -0.2) is 0 Å². The molecule has 5 rings (SSSR count).